The standard InChI is InChI=1S/C25H30N6O3/c1-3-34-21-7-5-19(6-8-21)22-9-11-24(32)31(29-22)17-14-26-25(33)20-12-15-30(16-13-20)23-10-4-18(2)27-28-23/h4-11,20H,3,12-17H2,1-2H3,(H,26,33). The first-order chi connectivity index (χ1) is 16.5. The molecule has 0 saturated carbocycles. The smallest absolute Gasteiger partial charge is 0.266 e. The number of carbonyl (C=O) groups excluding carboxylic acids is 1. The van der Waals surface area contributed by atoms with Gasteiger partial charge in [-0.2, -0.15) is 10.2 Å². The molecule has 9 nitrogen and oxygen atoms in total. The molecule has 0 unspecified atom stereocenters. The zero-order valence-electron chi connectivity index (χ0n) is 19.6. The number of hydrogen-bond donors (Lipinski definition) is 1. The zero-order valence-corrected chi connectivity index (χ0v) is 19.6. The van der Waals surface area contributed by atoms with Gasteiger partial charge in [0.1, 0.15) is 5.75 Å². The van der Waals surface area contributed by atoms with Crippen LogP contribution in [0.15, 0.2) is 53.3 Å². The summed E-state index contributed by atoms with van der Waals surface area (Å²) >= 11 is 0. The van der Waals surface area contributed by atoms with Gasteiger partial charge in [0, 0.05) is 37.2 Å². The summed E-state index contributed by atoms with van der Waals surface area (Å²) < 4.78 is 6.87. The Morgan fingerprint density at radius 3 is 2.50 bits per heavy atom. The number of benzene rings is 1. The van der Waals surface area contributed by atoms with Crippen LogP contribution >= 0.6 is 0 Å². The van der Waals surface area contributed by atoms with E-state index in [-0.39, 0.29) is 17.4 Å². The molecular weight excluding hydrogens is 432 g/mol. The Bertz CT molecular complexity index is 1150. The van der Waals surface area contributed by atoms with E-state index in [1.165, 1.54) is 10.7 Å². The van der Waals surface area contributed by atoms with E-state index in [0.717, 1.165) is 48.8 Å². The Balaban J connectivity index is 1.28. The van der Waals surface area contributed by atoms with Crippen LogP contribution in [0.2, 0.25) is 0 Å². The number of aromatic nitrogens is 4. The van der Waals surface area contributed by atoms with E-state index < -0.39 is 0 Å². The number of piperidine rings is 1. The van der Waals surface area contributed by atoms with Crippen molar-refractivity contribution in [2.24, 2.45) is 5.92 Å². The molecule has 34 heavy (non-hydrogen) atoms. The molecule has 3 aromatic rings. The average molecular weight is 463 g/mol. The normalized spacial score (nSPS) is 14.1. The maximum atomic E-state index is 12.7. The summed E-state index contributed by atoms with van der Waals surface area (Å²) in [5, 5.41) is 15.8. The molecule has 0 radical (unpaired) electrons. The van der Waals surface area contributed by atoms with Crippen LogP contribution in [0.1, 0.15) is 25.5 Å². The van der Waals surface area contributed by atoms with E-state index >= 15 is 0 Å². The van der Waals surface area contributed by atoms with Gasteiger partial charge in [0.15, 0.2) is 5.82 Å². The summed E-state index contributed by atoms with van der Waals surface area (Å²) in [7, 11) is 0. The molecule has 1 aromatic carbocycles. The minimum absolute atomic E-state index is 0.0188. The zero-order chi connectivity index (χ0) is 23.9. The Morgan fingerprint density at radius 1 is 1.06 bits per heavy atom. The van der Waals surface area contributed by atoms with Crippen molar-refractivity contribution in [3.8, 4) is 17.0 Å². The van der Waals surface area contributed by atoms with E-state index in [1.807, 2.05) is 50.2 Å². The molecule has 3 heterocycles. The summed E-state index contributed by atoms with van der Waals surface area (Å²) in [6, 6.07) is 14.7. The molecule has 1 fully saturated rings. The van der Waals surface area contributed by atoms with Gasteiger partial charge in [0.05, 0.1) is 24.5 Å². The van der Waals surface area contributed by atoms with Crippen LogP contribution in [0.5, 0.6) is 5.75 Å². The molecule has 1 saturated heterocycles. The first kappa shape index (κ1) is 23.4. The number of carbonyl (C=O) groups is 1. The van der Waals surface area contributed by atoms with E-state index in [9.17, 15) is 9.59 Å². The van der Waals surface area contributed by atoms with Crippen molar-refractivity contribution in [1.82, 2.24) is 25.3 Å². The molecule has 178 valence electrons. The molecular formula is C25H30N6O3. The topological polar surface area (TPSA) is 102 Å². The average Bonchev–Trinajstić information content (AvgIpc) is 2.86. The van der Waals surface area contributed by atoms with E-state index in [4.69, 9.17) is 4.74 Å². The van der Waals surface area contributed by atoms with Gasteiger partial charge in [-0.3, -0.25) is 9.59 Å². The predicted octanol–water partition coefficient (Wildman–Crippen LogP) is 2.44. The number of nitrogens with one attached hydrogen (secondary N) is 1. The molecule has 1 aliphatic rings. The van der Waals surface area contributed by atoms with Gasteiger partial charge in [0.25, 0.3) is 5.56 Å². The van der Waals surface area contributed by atoms with Gasteiger partial charge in [-0.05, 0) is 69.2 Å². The number of ether oxygens (including phenoxy) is 1. The minimum Gasteiger partial charge on any atom is -0.494 e. The van der Waals surface area contributed by atoms with Crippen LogP contribution in [-0.2, 0) is 11.3 Å². The third-order valence-electron chi connectivity index (χ3n) is 5.92. The van der Waals surface area contributed by atoms with Crippen molar-refractivity contribution in [2.75, 3.05) is 31.1 Å². The van der Waals surface area contributed by atoms with Gasteiger partial charge >= 0.3 is 0 Å². The maximum absolute atomic E-state index is 12.7. The van der Waals surface area contributed by atoms with Crippen LogP contribution in [0, 0.1) is 12.8 Å². The van der Waals surface area contributed by atoms with Crippen molar-refractivity contribution < 1.29 is 9.53 Å². The number of anilines is 1. The van der Waals surface area contributed by atoms with E-state index in [0.29, 0.717) is 25.4 Å². The van der Waals surface area contributed by atoms with Gasteiger partial charge in [-0.25, -0.2) is 4.68 Å². The lowest BCUT2D eigenvalue weighted by Crippen LogP contribution is -2.42. The molecule has 0 bridgehead atoms. The lowest BCUT2D eigenvalue weighted by Gasteiger charge is -2.31. The highest BCUT2D eigenvalue weighted by atomic mass is 16.5. The summed E-state index contributed by atoms with van der Waals surface area (Å²) in [5.74, 6) is 1.61. The lowest BCUT2D eigenvalue weighted by atomic mass is 9.96. The van der Waals surface area contributed by atoms with E-state index in [2.05, 4.69) is 25.5 Å². The number of aryl methyl sites for hydroxylation is 1. The summed E-state index contributed by atoms with van der Waals surface area (Å²) in [4.78, 5) is 27.1. The van der Waals surface area contributed by atoms with Gasteiger partial charge in [-0.15, -0.1) is 5.10 Å². The number of hydrogen-bond acceptors (Lipinski definition) is 7. The number of nitrogens with zero attached hydrogens (tertiary/aromatic N) is 5. The highest BCUT2D eigenvalue weighted by molar-refractivity contribution is 5.78. The minimum atomic E-state index is -0.198. The molecule has 4 rings (SSSR count). The Hall–Kier alpha value is -3.75. The second kappa shape index (κ2) is 10.9. The fourth-order valence-corrected chi connectivity index (χ4v) is 4.01. The third kappa shape index (κ3) is 5.78. The van der Waals surface area contributed by atoms with E-state index in [1.54, 1.807) is 6.07 Å². The largest absolute Gasteiger partial charge is 0.494 e. The molecule has 0 aliphatic carbocycles. The Morgan fingerprint density at radius 2 is 1.82 bits per heavy atom. The summed E-state index contributed by atoms with van der Waals surface area (Å²) in [6.45, 7) is 6.65. The lowest BCUT2D eigenvalue weighted by molar-refractivity contribution is -0.125. The number of amides is 1. The third-order valence-corrected chi connectivity index (χ3v) is 5.92. The molecule has 1 aliphatic heterocycles. The summed E-state index contributed by atoms with van der Waals surface area (Å²) in [6.07, 6.45) is 1.51. The highest BCUT2D eigenvalue weighted by Gasteiger charge is 2.25. The Labute approximate surface area is 198 Å². The highest BCUT2D eigenvalue weighted by Crippen LogP contribution is 2.22. The van der Waals surface area contributed by atoms with Crippen molar-refractivity contribution in [3.05, 3.63) is 64.6 Å². The summed E-state index contributed by atoms with van der Waals surface area (Å²) in [5.41, 5.74) is 2.28. The first-order valence-electron chi connectivity index (χ1n) is 11.7. The molecule has 1 N–H and O–H groups in total. The molecule has 2 aromatic heterocycles. The first-order valence-corrected chi connectivity index (χ1v) is 11.7. The molecule has 0 spiro atoms. The Kier molecular flexibility index (Phi) is 7.51. The van der Waals surface area contributed by atoms with Crippen molar-refractivity contribution >= 4 is 11.7 Å². The SMILES string of the molecule is CCOc1ccc(-c2ccc(=O)n(CCNC(=O)C3CCN(c4ccc(C)nn4)CC3)n2)cc1. The molecule has 0 atom stereocenters. The second-order valence-corrected chi connectivity index (χ2v) is 8.32. The van der Waals surface area contributed by atoms with Crippen LogP contribution < -0.4 is 20.5 Å². The predicted molar refractivity (Wildman–Crippen MR) is 130 cm³/mol. The van der Waals surface area contributed by atoms with Crippen molar-refractivity contribution in [3.63, 3.8) is 0 Å². The van der Waals surface area contributed by atoms with Crippen LogP contribution in [0.3, 0.4) is 0 Å². The van der Waals surface area contributed by atoms with Crippen LogP contribution in [0.25, 0.3) is 11.3 Å². The van der Waals surface area contributed by atoms with Crippen molar-refractivity contribution in [2.45, 2.75) is 33.2 Å². The molecule has 1 amide bonds. The van der Waals surface area contributed by atoms with Gasteiger partial charge in [0.2, 0.25) is 5.91 Å². The number of rotatable bonds is 8. The van der Waals surface area contributed by atoms with Crippen LogP contribution in [-0.4, -0.2) is 52.1 Å². The van der Waals surface area contributed by atoms with Crippen molar-refractivity contribution in [1.29, 1.82) is 0 Å². The maximum Gasteiger partial charge on any atom is 0.266 e. The quantitative estimate of drug-likeness (QED) is 0.549. The van der Waals surface area contributed by atoms with Gasteiger partial charge in [-0.1, -0.05) is 0 Å². The molecule has 9 heteroatoms. The monoisotopic (exact) mass is 462 g/mol. The fraction of sp³-hybridized carbons (Fsp3) is 0.400. The van der Waals surface area contributed by atoms with Gasteiger partial charge < -0.3 is 15.0 Å². The van der Waals surface area contributed by atoms with Crippen LogP contribution in [0.4, 0.5) is 5.82 Å². The second-order valence-electron chi connectivity index (χ2n) is 8.32. The fourth-order valence-electron chi connectivity index (χ4n) is 4.01.